The molecule has 2 aromatic carbocycles. The van der Waals surface area contributed by atoms with Gasteiger partial charge in [0.15, 0.2) is 11.2 Å². The van der Waals surface area contributed by atoms with Gasteiger partial charge >= 0.3 is 5.69 Å². The van der Waals surface area contributed by atoms with Crippen LogP contribution in [0.2, 0.25) is 0 Å². The van der Waals surface area contributed by atoms with E-state index in [1.807, 2.05) is 66.9 Å². The highest BCUT2D eigenvalue weighted by Gasteiger charge is 2.24. The number of aryl methyl sites for hydroxylation is 2. The van der Waals surface area contributed by atoms with Crippen LogP contribution in [0.1, 0.15) is 29.5 Å². The molecule has 0 amide bonds. The van der Waals surface area contributed by atoms with Crippen LogP contribution in [0.5, 0.6) is 0 Å². The Labute approximate surface area is 185 Å². The number of benzene rings is 2. The van der Waals surface area contributed by atoms with Crippen molar-refractivity contribution in [1.29, 1.82) is 0 Å². The van der Waals surface area contributed by atoms with Crippen LogP contribution in [0.15, 0.2) is 64.4 Å². The molecule has 4 aromatic rings. The van der Waals surface area contributed by atoms with E-state index in [0.29, 0.717) is 24.3 Å². The summed E-state index contributed by atoms with van der Waals surface area (Å²) in [5, 5.41) is 0. The standard InChI is InChI=1S/C25H26N4O3/c1-17-9-11-19(12-10-17)14-27-16-26-23-22(27)24(30)28(15-20-7-5-13-32-20)25(31)29(23)21-8-4-3-6-18(21)2/h3-4,6,8-12,16,20H,5,7,13-15H2,1-2H3/t20-/m1/s1. The zero-order chi connectivity index (χ0) is 22.2. The molecule has 1 aliphatic heterocycles. The summed E-state index contributed by atoms with van der Waals surface area (Å²) >= 11 is 0. The van der Waals surface area contributed by atoms with Gasteiger partial charge in [0.2, 0.25) is 0 Å². The molecule has 0 unspecified atom stereocenters. The number of nitrogens with zero attached hydrogens (tertiary/aromatic N) is 4. The molecule has 1 atom stereocenters. The highest BCUT2D eigenvalue weighted by atomic mass is 16.5. The Bertz CT molecular complexity index is 1390. The van der Waals surface area contributed by atoms with E-state index in [0.717, 1.165) is 29.7 Å². The summed E-state index contributed by atoms with van der Waals surface area (Å²) in [6.45, 7) is 5.40. The van der Waals surface area contributed by atoms with Gasteiger partial charge in [0.1, 0.15) is 0 Å². The molecule has 7 heteroatoms. The third-order valence-electron chi connectivity index (χ3n) is 6.14. The van der Waals surface area contributed by atoms with Crippen LogP contribution in [0.3, 0.4) is 0 Å². The Balaban J connectivity index is 1.73. The van der Waals surface area contributed by atoms with Crippen LogP contribution in [0.4, 0.5) is 0 Å². The summed E-state index contributed by atoms with van der Waals surface area (Å²) in [7, 11) is 0. The zero-order valence-corrected chi connectivity index (χ0v) is 18.3. The number of fused-ring (bicyclic) bond motifs is 1. The van der Waals surface area contributed by atoms with Gasteiger partial charge in [0.25, 0.3) is 5.56 Å². The van der Waals surface area contributed by atoms with Gasteiger partial charge in [-0.15, -0.1) is 0 Å². The summed E-state index contributed by atoms with van der Waals surface area (Å²) in [4.78, 5) is 31.7. The normalized spacial score (nSPS) is 16.1. The summed E-state index contributed by atoms with van der Waals surface area (Å²) in [5.41, 5.74) is 4.00. The molecule has 0 aliphatic carbocycles. The van der Waals surface area contributed by atoms with Gasteiger partial charge in [-0.25, -0.2) is 14.3 Å². The van der Waals surface area contributed by atoms with Crippen molar-refractivity contribution in [3.63, 3.8) is 0 Å². The molecule has 1 aliphatic rings. The number of hydrogen-bond acceptors (Lipinski definition) is 4. The van der Waals surface area contributed by atoms with E-state index in [2.05, 4.69) is 4.98 Å². The predicted octanol–water partition coefficient (Wildman–Crippen LogP) is 3.19. The van der Waals surface area contributed by atoms with E-state index < -0.39 is 0 Å². The fourth-order valence-corrected chi connectivity index (χ4v) is 4.37. The Morgan fingerprint density at radius 3 is 2.56 bits per heavy atom. The molecule has 164 valence electrons. The third-order valence-corrected chi connectivity index (χ3v) is 6.14. The minimum atomic E-state index is -0.382. The first-order valence-corrected chi connectivity index (χ1v) is 11.0. The second-order valence-corrected chi connectivity index (χ2v) is 8.49. The van der Waals surface area contributed by atoms with Crippen LogP contribution in [0, 0.1) is 13.8 Å². The Kier molecular flexibility index (Phi) is 5.27. The Morgan fingerprint density at radius 2 is 1.84 bits per heavy atom. The lowest BCUT2D eigenvalue weighted by Gasteiger charge is -2.16. The average molecular weight is 431 g/mol. The van der Waals surface area contributed by atoms with E-state index in [1.165, 1.54) is 10.1 Å². The molecule has 0 saturated carbocycles. The van der Waals surface area contributed by atoms with Crippen LogP contribution >= 0.6 is 0 Å². The van der Waals surface area contributed by atoms with E-state index in [-0.39, 0.29) is 23.9 Å². The van der Waals surface area contributed by atoms with Crippen molar-refractivity contribution in [3.05, 3.63) is 92.4 Å². The lowest BCUT2D eigenvalue weighted by molar-refractivity contribution is 0.0950. The topological polar surface area (TPSA) is 71.1 Å². The quantitative estimate of drug-likeness (QED) is 0.488. The highest BCUT2D eigenvalue weighted by molar-refractivity contribution is 5.73. The van der Waals surface area contributed by atoms with Gasteiger partial charge in [-0.2, -0.15) is 0 Å². The maximum atomic E-state index is 13.6. The van der Waals surface area contributed by atoms with Crippen molar-refractivity contribution in [2.45, 2.75) is 45.9 Å². The summed E-state index contributed by atoms with van der Waals surface area (Å²) in [6, 6.07) is 15.8. The monoisotopic (exact) mass is 430 g/mol. The molecule has 1 fully saturated rings. The van der Waals surface area contributed by atoms with Crippen molar-refractivity contribution < 1.29 is 4.74 Å². The fraction of sp³-hybridized carbons (Fsp3) is 0.320. The Hall–Kier alpha value is -3.45. The average Bonchev–Trinajstić information content (AvgIpc) is 3.44. The van der Waals surface area contributed by atoms with Crippen molar-refractivity contribution in [2.24, 2.45) is 0 Å². The van der Waals surface area contributed by atoms with Crippen molar-refractivity contribution >= 4 is 11.2 Å². The predicted molar refractivity (Wildman–Crippen MR) is 124 cm³/mol. The van der Waals surface area contributed by atoms with Crippen molar-refractivity contribution in [1.82, 2.24) is 18.7 Å². The zero-order valence-electron chi connectivity index (χ0n) is 18.3. The van der Waals surface area contributed by atoms with Crippen molar-refractivity contribution in [3.8, 4) is 5.69 Å². The minimum Gasteiger partial charge on any atom is -0.376 e. The number of ether oxygens (including phenoxy) is 1. The van der Waals surface area contributed by atoms with Gasteiger partial charge in [0.05, 0.1) is 24.7 Å². The SMILES string of the molecule is Cc1ccc(Cn2cnc3c2c(=O)n(C[C@H]2CCCO2)c(=O)n3-c2ccccc2C)cc1. The molecule has 0 bridgehead atoms. The molecule has 2 aromatic heterocycles. The van der Waals surface area contributed by atoms with Crippen LogP contribution in [-0.4, -0.2) is 31.4 Å². The lowest BCUT2D eigenvalue weighted by atomic mass is 10.1. The number of aromatic nitrogens is 4. The largest absolute Gasteiger partial charge is 0.376 e. The minimum absolute atomic E-state index is 0.128. The molecule has 0 radical (unpaired) electrons. The lowest BCUT2D eigenvalue weighted by Crippen LogP contribution is -2.42. The first kappa shape index (κ1) is 20.5. The van der Waals surface area contributed by atoms with Gasteiger partial charge in [-0.05, 0) is 43.9 Å². The molecule has 7 nitrogen and oxygen atoms in total. The molecular weight excluding hydrogens is 404 g/mol. The maximum Gasteiger partial charge on any atom is 0.337 e. The van der Waals surface area contributed by atoms with Gasteiger partial charge in [-0.1, -0.05) is 48.0 Å². The maximum absolute atomic E-state index is 13.6. The van der Waals surface area contributed by atoms with Gasteiger partial charge in [0, 0.05) is 13.2 Å². The van der Waals surface area contributed by atoms with E-state index in [9.17, 15) is 9.59 Å². The summed E-state index contributed by atoms with van der Waals surface area (Å²) in [6.07, 6.45) is 3.31. The van der Waals surface area contributed by atoms with Gasteiger partial charge < -0.3 is 9.30 Å². The van der Waals surface area contributed by atoms with Gasteiger partial charge in [-0.3, -0.25) is 9.36 Å². The molecule has 5 rings (SSSR count). The highest BCUT2D eigenvalue weighted by Crippen LogP contribution is 2.19. The first-order chi connectivity index (χ1) is 15.5. The Morgan fingerprint density at radius 1 is 1.06 bits per heavy atom. The number of rotatable bonds is 5. The molecule has 1 saturated heterocycles. The van der Waals surface area contributed by atoms with Crippen LogP contribution < -0.4 is 11.2 Å². The fourth-order valence-electron chi connectivity index (χ4n) is 4.37. The number of para-hydroxylation sites is 1. The molecule has 32 heavy (non-hydrogen) atoms. The van der Waals surface area contributed by atoms with E-state index >= 15 is 0 Å². The number of hydrogen-bond donors (Lipinski definition) is 0. The van der Waals surface area contributed by atoms with Crippen LogP contribution in [0.25, 0.3) is 16.9 Å². The smallest absolute Gasteiger partial charge is 0.337 e. The van der Waals surface area contributed by atoms with Crippen molar-refractivity contribution in [2.75, 3.05) is 6.61 Å². The molecule has 0 N–H and O–H groups in total. The first-order valence-electron chi connectivity index (χ1n) is 11.0. The molecular formula is C25H26N4O3. The third kappa shape index (κ3) is 3.58. The van der Waals surface area contributed by atoms with E-state index in [4.69, 9.17) is 4.74 Å². The second kappa shape index (κ2) is 8.24. The number of imidazole rings is 1. The summed E-state index contributed by atoms with van der Waals surface area (Å²) < 4.78 is 10.5. The van der Waals surface area contributed by atoms with E-state index in [1.54, 1.807) is 10.9 Å². The molecule has 3 heterocycles. The summed E-state index contributed by atoms with van der Waals surface area (Å²) in [5.74, 6) is 0. The van der Waals surface area contributed by atoms with Crippen LogP contribution in [-0.2, 0) is 17.8 Å². The molecule has 0 spiro atoms. The second-order valence-electron chi connectivity index (χ2n) is 8.49.